The van der Waals surface area contributed by atoms with Gasteiger partial charge in [-0.3, -0.25) is 14.7 Å². The van der Waals surface area contributed by atoms with Crippen LogP contribution in [0.4, 0.5) is 6.01 Å². The highest BCUT2D eigenvalue weighted by Crippen LogP contribution is 2.38. The molecule has 1 atom stereocenters. The number of allylic oxidation sites excluding steroid dienone is 1. The zero-order valence-electron chi connectivity index (χ0n) is 18.6. The number of anilines is 1. The van der Waals surface area contributed by atoms with Gasteiger partial charge < -0.3 is 4.42 Å². The van der Waals surface area contributed by atoms with Gasteiger partial charge in [-0.15, -0.1) is 33.2 Å². The summed E-state index contributed by atoms with van der Waals surface area (Å²) in [6, 6.07) is 2.39. The number of aryl methyl sites for hydroxylation is 1. The molecule has 10 heteroatoms. The molecule has 1 unspecified atom stereocenters. The summed E-state index contributed by atoms with van der Waals surface area (Å²) in [7, 11) is 0. The van der Waals surface area contributed by atoms with E-state index in [1.165, 1.54) is 35.0 Å². The van der Waals surface area contributed by atoms with Gasteiger partial charge in [-0.25, -0.2) is 0 Å². The quantitative estimate of drug-likeness (QED) is 0.348. The molecule has 1 amide bonds. The lowest BCUT2D eigenvalue weighted by Crippen LogP contribution is -2.15. The third kappa shape index (κ3) is 4.96. The molecule has 3 aromatic heterocycles. The average molecular weight is 473 g/mol. The predicted octanol–water partition coefficient (Wildman–Crippen LogP) is 4.94. The Balaban J connectivity index is 1.45. The van der Waals surface area contributed by atoms with E-state index in [9.17, 15) is 4.79 Å². The van der Waals surface area contributed by atoms with E-state index in [4.69, 9.17) is 4.42 Å². The van der Waals surface area contributed by atoms with E-state index in [0.717, 1.165) is 29.5 Å². The van der Waals surface area contributed by atoms with Crippen LogP contribution in [0.5, 0.6) is 0 Å². The number of nitrogens with one attached hydrogen (secondary N) is 1. The molecule has 4 rings (SSSR count). The Morgan fingerprint density at radius 1 is 1.41 bits per heavy atom. The number of nitrogens with zero attached hydrogens (tertiary/aromatic N) is 5. The summed E-state index contributed by atoms with van der Waals surface area (Å²) in [4.78, 5) is 15.0. The van der Waals surface area contributed by atoms with Crippen molar-refractivity contribution in [1.82, 2.24) is 25.0 Å². The van der Waals surface area contributed by atoms with Crippen molar-refractivity contribution in [2.24, 2.45) is 5.92 Å². The van der Waals surface area contributed by atoms with Gasteiger partial charge in [-0.1, -0.05) is 50.1 Å². The van der Waals surface area contributed by atoms with Crippen LogP contribution in [-0.2, 0) is 24.2 Å². The number of rotatable bonds is 9. The largest absolute Gasteiger partial charge is 0.408 e. The summed E-state index contributed by atoms with van der Waals surface area (Å²) in [5.41, 5.74) is 1.45. The molecule has 0 fully saturated rings. The maximum Gasteiger partial charge on any atom is 0.322 e. The lowest BCUT2D eigenvalue weighted by molar-refractivity contribution is -0.113. The Hall–Kier alpha value is -2.46. The fourth-order valence-corrected chi connectivity index (χ4v) is 5.68. The zero-order chi connectivity index (χ0) is 22.7. The fourth-order valence-electron chi connectivity index (χ4n) is 3.73. The van der Waals surface area contributed by atoms with Gasteiger partial charge in [0, 0.05) is 17.3 Å². The maximum absolute atomic E-state index is 12.4. The molecule has 8 nitrogen and oxygen atoms in total. The minimum atomic E-state index is -0.235. The molecule has 1 N–H and O–H groups in total. The summed E-state index contributed by atoms with van der Waals surface area (Å²) >= 11 is 3.14. The maximum atomic E-state index is 12.4. The van der Waals surface area contributed by atoms with Crippen LogP contribution in [-0.4, -0.2) is 36.6 Å². The molecule has 1 aliphatic rings. The van der Waals surface area contributed by atoms with E-state index in [-0.39, 0.29) is 23.6 Å². The third-order valence-corrected chi connectivity index (χ3v) is 7.72. The Bertz CT molecular complexity index is 1100. The van der Waals surface area contributed by atoms with Crippen LogP contribution >= 0.6 is 23.1 Å². The fraction of sp³-hybridized carbons (Fsp3) is 0.500. The number of thiophene rings is 1. The molecule has 3 aromatic rings. The molecule has 170 valence electrons. The number of thioether (sulfide) groups is 1. The molecule has 32 heavy (non-hydrogen) atoms. The summed E-state index contributed by atoms with van der Waals surface area (Å²) < 4.78 is 7.46. The second-order valence-electron chi connectivity index (χ2n) is 8.22. The SMILES string of the molecule is C=CCn1c(SCC(=O)Nc2nnc(C(C)C)o2)nnc1-c1cc2c(s1)CCC(CC)C2. The highest BCUT2D eigenvalue weighted by molar-refractivity contribution is 7.99. The summed E-state index contributed by atoms with van der Waals surface area (Å²) in [5, 5.41) is 19.9. The normalized spacial score (nSPS) is 15.7. The van der Waals surface area contributed by atoms with Crippen molar-refractivity contribution in [3.8, 4) is 10.7 Å². The number of fused-ring (bicyclic) bond motifs is 1. The monoisotopic (exact) mass is 472 g/mol. The highest BCUT2D eigenvalue weighted by atomic mass is 32.2. The molecular formula is C22H28N6O2S2. The average Bonchev–Trinajstić information content (AvgIpc) is 3.50. The molecule has 0 spiro atoms. The van der Waals surface area contributed by atoms with Crippen LogP contribution in [0, 0.1) is 5.92 Å². The first-order chi connectivity index (χ1) is 15.5. The molecule has 0 saturated heterocycles. The van der Waals surface area contributed by atoms with E-state index < -0.39 is 0 Å². The number of aromatic nitrogens is 5. The van der Waals surface area contributed by atoms with Gasteiger partial charge in [-0.05, 0) is 36.8 Å². The highest BCUT2D eigenvalue weighted by Gasteiger charge is 2.23. The van der Waals surface area contributed by atoms with Crippen molar-refractivity contribution in [1.29, 1.82) is 0 Å². The van der Waals surface area contributed by atoms with Gasteiger partial charge in [-0.2, -0.15) is 0 Å². The Morgan fingerprint density at radius 3 is 2.97 bits per heavy atom. The van der Waals surface area contributed by atoms with Crippen molar-refractivity contribution in [2.45, 2.75) is 64.1 Å². The lowest BCUT2D eigenvalue weighted by Gasteiger charge is -2.19. The standard InChI is InChI=1S/C22H28N6O2S2/c1-5-9-28-19(17-11-15-10-14(6-2)7-8-16(15)32-17)24-27-22(28)31-12-18(29)23-21-26-25-20(30-21)13(3)4/h5,11,13-14H,1,6-10,12H2,2-4H3,(H,23,26,29). The Kier molecular flexibility index (Phi) is 7.10. The molecule has 1 aliphatic carbocycles. The summed E-state index contributed by atoms with van der Waals surface area (Å²) in [6.45, 7) is 10.6. The zero-order valence-corrected chi connectivity index (χ0v) is 20.3. The number of carbonyl (C=O) groups excluding carboxylic acids is 1. The number of hydrogen-bond acceptors (Lipinski definition) is 8. The third-order valence-electron chi connectivity index (χ3n) is 5.52. The second kappa shape index (κ2) is 9.99. The number of carbonyl (C=O) groups is 1. The van der Waals surface area contributed by atoms with Crippen LogP contribution in [0.1, 0.15) is 55.9 Å². The van der Waals surface area contributed by atoms with Crippen LogP contribution < -0.4 is 5.32 Å². The van der Waals surface area contributed by atoms with E-state index in [0.29, 0.717) is 17.6 Å². The van der Waals surface area contributed by atoms with E-state index in [2.05, 4.69) is 45.3 Å². The van der Waals surface area contributed by atoms with Gasteiger partial charge in [0.2, 0.25) is 11.8 Å². The molecule has 3 heterocycles. The first kappa shape index (κ1) is 22.7. The second-order valence-corrected chi connectivity index (χ2v) is 10.3. The van der Waals surface area contributed by atoms with Gasteiger partial charge in [0.25, 0.3) is 0 Å². The minimum Gasteiger partial charge on any atom is -0.408 e. The van der Waals surface area contributed by atoms with Crippen LogP contribution in [0.2, 0.25) is 0 Å². The van der Waals surface area contributed by atoms with E-state index >= 15 is 0 Å². The first-order valence-electron chi connectivity index (χ1n) is 10.9. The molecule has 0 saturated carbocycles. The van der Waals surface area contributed by atoms with Gasteiger partial charge in [0.15, 0.2) is 11.0 Å². The van der Waals surface area contributed by atoms with Crippen LogP contribution in [0.15, 0.2) is 28.3 Å². The molecule has 0 aromatic carbocycles. The Morgan fingerprint density at radius 2 is 2.25 bits per heavy atom. The van der Waals surface area contributed by atoms with Crippen LogP contribution in [0.3, 0.4) is 0 Å². The van der Waals surface area contributed by atoms with Crippen molar-refractivity contribution >= 4 is 35.0 Å². The first-order valence-corrected chi connectivity index (χ1v) is 12.7. The van der Waals surface area contributed by atoms with E-state index in [1.54, 1.807) is 0 Å². The van der Waals surface area contributed by atoms with Gasteiger partial charge in [0.1, 0.15) is 0 Å². The molecular weight excluding hydrogens is 444 g/mol. The minimum absolute atomic E-state index is 0.106. The number of amides is 1. The molecule has 0 aliphatic heterocycles. The molecule has 0 bridgehead atoms. The van der Waals surface area contributed by atoms with Crippen molar-refractivity contribution in [3.05, 3.63) is 35.1 Å². The van der Waals surface area contributed by atoms with Gasteiger partial charge in [0.05, 0.1) is 10.6 Å². The summed E-state index contributed by atoms with van der Waals surface area (Å²) in [5.74, 6) is 2.13. The lowest BCUT2D eigenvalue weighted by atomic mass is 9.87. The van der Waals surface area contributed by atoms with E-state index in [1.807, 2.05) is 35.8 Å². The number of hydrogen-bond donors (Lipinski definition) is 1. The van der Waals surface area contributed by atoms with Crippen LogP contribution in [0.25, 0.3) is 10.7 Å². The predicted molar refractivity (Wildman–Crippen MR) is 127 cm³/mol. The smallest absolute Gasteiger partial charge is 0.322 e. The summed E-state index contributed by atoms with van der Waals surface area (Å²) in [6.07, 6.45) is 6.60. The van der Waals surface area contributed by atoms with Crippen molar-refractivity contribution in [2.75, 3.05) is 11.1 Å². The molecule has 0 radical (unpaired) electrons. The van der Waals surface area contributed by atoms with Crippen molar-refractivity contribution < 1.29 is 9.21 Å². The Labute approximate surface area is 195 Å². The van der Waals surface area contributed by atoms with Gasteiger partial charge >= 0.3 is 6.01 Å². The van der Waals surface area contributed by atoms with Crippen molar-refractivity contribution in [3.63, 3.8) is 0 Å². The topological polar surface area (TPSA) is 98.7 Å².